The van der Waals surface area contributed by atoms with E-state index in [4.69, 9.17) is 19.9 Å². The van der Waals surface area contributed by atoms with E-state index >= 15 is 0 Å². The molecular formula is C116H98N28O4. The topological polar surface area (TPSA) is 449 Å². The molecule has 12 N–H and O–H groups in total. The van der Waals surface area contributed by atoms with Crippen LogP contribution >= 0.6 is 0 Å². The third-order valence-corrected chi connectivity index (χ3v) is 25.9. The number of carbonyl (C=O) groups is 4. The monoisotopic (exact) mass is 1950 g/mol. The molecule has 0 spiro atoms. The Morgan fingerprint density at radius 2 is 0.595 bits per heavy atom. The minimum Gasteiger partial charge on any atom is -0.337 e. The molecule has 8 aromatic carbocycles. The summed E-state index contributed by atoms with van der Waals surface area (Å²) in [7, 11) is 0. The number of amides is 4. The molecule has 1 fully saturated rings. The Morgan fingerprint density at radius 3 is 0.872 bits per heavy atom. The molecule has 148 heavy (non-hydrogen) atoms. The highest BCUT2D eigenvalue weighted by Gasteiger charge is 2.28. The summed E-state index contributed by atoms with van der Waals surface area (Å²) >= 11 is 0. The van der Waals surface area contributed by atoms with Gasteiger partial charge in [0, 0.05) is 188 Å². The number of anilines is 4. The lowest BCUT2D eigenvalue weighted by Crippen LogP contribution is -2.28. The van der Waals surface area contributed by atoms with Gasteiger partial charge in [-0.25, -0.2) is 19.9 Å². The SMILES string of the molecule is CC(C)(C)CC(=O)Nc1cncc(-c2ccc3[nH]nc(-c4nc5c(-c6cccnc6)cccc5[nH]4)c3c2)c1.CCCC(=O)Nc1cncc(-c2ccc3[nH]nc(-c4nc5c(-c6cccnc6)cccc5[nH]4)c3c2)c1.CCCCC(=O)Nc1cncc(-c2ccc3[nH]nc(-c4nc5c(-c6cccnc6)cccc5[nH]4)c3c2)c1.O=C(Nc1cncc(-c2ccc3[nH]nc(-c4nc5c(-c6cccnc6)cccc5[nH]4)c3c2)c1)C1CCC1. The summed E-state index contributed by atoms with van der Waals surface area (Å²) in [6.45, 7) is 10.2. The van der Waals surface area contributed by atoms with Crippen LogP contribution < -0.4 is 21.3 Å². The molecule has 1 aliphatic carbocycles. The Hall–Kier alpha value is -19.4. The zero-order valence-corrected chi connectivity index (χ0v) is 81.3. The number of H-pyrrole nitrogens is 8. The lowest BCUT2D eigenvalue weighted by Gasteiger charge is -2.24. The van der Waals surface area contributed by atoms with Crippen molar-refractivity contribution in [1.82, 2.24) is 121 Å². The number of unbranched alkanes of at least 4 members (excludes halogenated alkanes) is 1. The van der Waals surface area contributed by atoms with Crippen molar-refractivity contribution in [1.29, 1.82) is 0 Å². The maximum atomic E-state index is 12.4. The summed E-state index contributed by atoms with van der Waals surface area (Å²) in [5.41, 5.74) is 32.0. The van der Waals surface area contributed by atoms with Crippen LogP contribution in [0.25, 0.3) is 223 Å². The van der Waals surface area contributed by atoms with Crippen LogP contribution in [0.3, 0.4) is 0 Å². The van der Waals surface area contributed by atoms with E-state index in [-0.39, 0.29) is 35.0 Å². The second-order valence-corrected chi connectivity index (χ2v) is 37.6. The average molecular weight is 1950 g/mol. The first kappa shape index (κ1) is 93.6. The van der Waals surface area contributed by atoms with Gasteiger partial charge in [0.25, 0.3) is 0 Å². The molecule has 16 heterocycles. The van der Waals surface area contributed by atoms with Gasteiger partial charge in [0.1, 0.15) is 22.8 Å². The van der Waals surface area contributed by atoms with E-state index in [9.17, 15) is 19.2 Å². The Balaban J connectivity index is 0.000000112. The fraction of sp³-hybridized carbons (Fsp3) is 0.138. The van der Waals surface area contributed by atoms with Crippen LogP contribution in [-0.4, -0.2) is 144 Å². The van der Waals surface area contributed by atoms with Crippen LogP contribution in [0.4, 0.5) is 22.7 Å². The summed E-state index contributed by atoms with van der Waals surface area (Å²) in [5, 5.41) is 46.4. The number of rotatable bonds is 23. The van der Waals surface area contributed by atoms with Crippen molar-refractivity contribution in [3.8, 4) is 135 Å². The number of pyridine rings is 8. The van der Waals surface area contributed by atoms with Crippen LogP contribution in [-0.2, 0) is 19.2 Å². The van der Waals surface area contributed by atoms with Crippen molar-refractivity contribution >= 4 is 134 Å². The molecule has 0 radical (unpaired) electrons. The van der Waals surface area contributed by atoms with E-state index in [1.54, 1.807) is 74.4 Å². The van der Waals surface area contributed by atoms with Gasteiger partial charge in [-0.15, -0.1) is 0 Å². The second-order valence-electron chi connectivity index (χ2n) is 37.6. The number of para-hydroxylation sites is 4. The van der Waals surface area contributed by atoms with Crippen LogP contribution in [0, 0.1) is 11.3 Å². The number of aromatic nitrogens is 24. The number of imidazole rings is 4. The quantitative estimate of drug-likeness (QED) is 0.0283. The van der Waals surface area contributed by atoms with Crippen molar-refractivity contribution in [3.63, 3.8) is 0 Å². The van der Waals surface area contributed by atoms with Crippen molar-refractivity contribution in [2.75, 3.05) is 21.3 Å². The predicted octanol–water partition coefficient (Wildman–Crippen LogP) is 24.9. The number of nitrogens with zero attached hydrogens (tertiary/aromatic N) is 16. The van der Waals surface area contributed by atoms with E-state index in [0.29, 0.717) is 65.3 Å². The lowest BCUT2D eigenvalue weighted by atomic mass is 9.85. The number of hydrogen-bond acceptors (Lipinski definition) is 20. The molecule has 1 saturated carbocycles. The van der Waals surface area contributed by atoms with Gasteiger partial charge < -0.3 is 41.2 Å². The number of carbonyl (C=O) groups excluding carboxylic acids is 4. The van der Waals surface area contributed by atoms with Gasteiger partial charge in [-0.05, 0) is 175 Å². The highest BCUT2D eigenvalue weighted by atomic mass is 16.2. The molecule has 4 amide bonds. The maximum Gasteiger partial charge on any atom is 0.227 e. The maximum absolute atomic E-state index is 12.4. The molecule has 726 valence electrons. The first-order valence-electron chi connectivity index (χ1n) is 49.0. The summed E-state index contributed by atoms with van der Waals surface area (Å²) < 4.78 is 0. The van der Waals surface area contributed by atoms with Crippen molar-refractivity contribution in [3.05, 3.63) is 318 Å². The molecule has 24 aromatic rings. The Bertz CT molecular complexity index is 9040. The minimum atomic E-state index is -0.0900. The number of benzene rings is 8. The Kier molecular flexibility index (Phi) is 26.1. The number of aromatic amines is 8. The van der Waals surface area contributed by atoms with Crippen molar-refractivity contribution in [2.45, 2.75) is 92.4 Å². The third-order valence-electron chi connectivity index (χ3n) is 25.9. The standard InChI is InChI=1S/C30H27N7O.C29H23N7O.C29H25N7O.C28H23N7O/c1-30(2,3)14-26(38)33-21-12-20(16-32-17-21)18-9-10-24-23(13-18)28(37-36-24)29-34-25-8-4-7-22(27(25)35-29)19-6-5-11-31-15-19;37-29(17-4-1-5-17)32-21-12-20(15-31-16-21)18-9-10-24-23(13-18)27(36-35-24)28-33-25-8-2-7-22(26(25)34-28)19-6-3-11-30-14-19;1-2-3-9-26(37)32-21-13-20(16-31-17-21)18-10-11-24-23(14-18)28(36-35-24)29-33-25-8-4-7-22(27(25)34-29)19-6-5-12-30-15-19;1-2-5-25(36)31-20-12-19(15-30-16-20)17-9-10-23-22(13-17)27(35-34-23)28-32-24-8-3-7-21(26(24)33-28)18-6-4-11-29-14-18/h4-13,15-17H,14H2,1-3H3,(H,33,38)(H,34,35)(H,36,37);2-3,6-17H,1,4-5H2,(H,32,37)(H,33,34)(H,35,36);4-8,10-17H,2-3,9H2,1H3,(H,32,37)(H,33,34)(H,35,36);3-4,6-16H,2,5H2,1H3,(H,31,36)(H,32,33)(H,34,35). The number of fused-ring (bicyclic) bond motifs is 8. The first-order valence-corrected chi connectivity index (χ1v) is 49.0. The average Bonchev–Trinajstić information content (AvgIpc) is 1.62. The molecule has 32 heteroatoms. The summed E-state index contributed by atoms with van der Waals surface area (Å²) in [6, 6.07) is 72.2. The zero-order valence-electron chi connectivity index (χ0n) is 81.3. The normalized spacial score (nSPS) is 12.0. The molecule has 0 aliphatic heterocycles. The van der Waals surface area contributed by atoms with Crippen LogP contribution in [0.1, 0.15) is 92.4 Å². The Labute approximate surface area is 846 Å². The first-order chi connectivity index (χ1) is 72.4. The van der Waals surface area contributed by atoms with Gasteiger partial charge in [0.2, 0.25) is 23.6 Å². The van der Waals surface area contributed by atoms with Crippen molar-refractivity contribution in [2.24, 2.45) is 11.3 Å². The molecule has 0 atom stereocenters. The van der Waals surface area contributed by atoms with E-state index < -0.39 is 0 Å². The van der Waals surface area contributed by atoms with Crippen LogP contribution in [0.2, 0.25) is 0 Å². The minimum absolute atomic E-state index is 0.00362. The number of hydrogen-bond donors (Lipinski definition) is 12. The summed E-state index contributed by atoms with van der Waals surface area (Å²) in [4.78, 5) is 117. The largest absolute Gasteiger partial charge is 0.337 e. The third kappa shape index (κ3) is 20.2. The summed E-state index contributed by atoms with van der Waals surface area (Å²) in [6.07, 6.45) is 35.4. The zero-order chi connectivity index (χ0) is 101. The predicted molar refractivity (Wildman–Crippen MR) is 581 cm³/mol. The van der Waals surface area contributed by atoms with Gasteiger partial charge in [-0.3, -0.25) is 79.4 Å². The van der Waals surface area contributed by atoms with E-state index in [1.807, 2.05) is 241 Å². The molecule has 16 aromatic heterocycles. The van der Waals surface area contributed by atoms with E-state index in [0.717, 1.165) is 238 Å². The number of nitrogens with one attached hydrogen (secondary N) is 12. The molecule has 0 bridgehead atoms. The van der Waals surface area contributed by atoms with Gasteiger partial charge in [0.15, 0.2) is 23.3 Å². The smallest absolute Gasteiger partial charge is 0.227 e. The molecule has 32 nitrogen and oxygen atoms in total. The molecule has 25 rings (SSSR count). The fourth-order valence-corrected chi connectivity index (χ4v) is 18.4. The van der Waals surface area contributed by atoms with Gasteiger partial charge in [0.05, 0.1) is 114 Å². The van der Waals surface area contributed by atoms with E-state index in [2.05, 4.69) is 159 Å². The molecule has 0 unspecified atom stereocenters. The second kappa shape index (κ2) is 41.3. The van der Waals surface area contributed by atoms with Gasteiger partial charge in [-0.2, -0.15) is 20.4 Å². The van der Waals surface area contributed by atoms with Crippen LogP contribution in [0.15, 0.2) is 318 Å². The summed E-state index contributed by atoms with van der Waals surface area (Å²) in [5.74, 6) is 2.90. The lowest BCUT2D eigenvalue weighted by molar-refractivity contribution is -0.122. The van der Waals surface area contributed by atoms with Gasteiger partial charge >= 0.3 is 0 Å². The van der Waals surface area contributed by atoms with Crippen molar-refractivity contribution < 1.29 is 19.2 Å². The van der Waals surface area contributed by atoms with E-state index in [1.165, 1.54) is 0 Å². The molecule has 1 aliphatic rings. The highest BCUT2D eigenvalue weighted by Crippen LogP contribution is 2.42. The molecular weight excluding hydrogens is 1850 g/mol. The molecule has 0 saturated heterocycles. The fourth-order valence-electron chi connectivity index (χ4n) is 18.4. The Morgan fingerprint density at radius 1 is 0.297 bits per heavy atom. The van der Waals surface area contributed by atoms with Gasteiger partial charge in [-0.1, -0.05) is 145 Å². The highest BCUT2D eigenvalue weighted by molar-refractivity contribution is 6.05. The van der Waals surface area contributed by atoms with Crippen LogP contribution in [0.5, 0.6) is 0 Å².